The number of fused-ring (bicyclic) bond motifs is 1. The Labute approximate surface area is 156 Å². The number of benzene rings is 1. The van der Waals surface area contributed by atoms with E-state index in [1.54, 1.807) is 0 Å². The third-order valence-electron chi connectivity index (χ3n) is 5.70. The Morgan fingerprint density at radius 3 is 2.44 bits per heavy atom. The van der Waals surface area contributed by atoms with E-state index in [1.165, 1.54) is 86.6 Å². The van der Waals surface area contributed by atoms with Crippen molar-refractivity contribution in [3.8, 4) is 0 Å². The van der Waals surface area contributed by atoms with Crippen LogP contribution in [0, 0.1) is 13.8 Å². The van der Waals surface area contributed by atoms with Crippen molar-refractivity contribution in [1.29, 1.82) is 0 Å². The molecule has 1 aromatic heterocycles. The standard InChI is InChI=1S/C21H33N3S/c1-4-5-6-7-8-11-14-25-21(12-9-10-13-21)24-20-16-18(3)17(2)15-19(20)22-23-24/h15-16H,4-14H2,1-3H3. The topological polar surface area (TPSA) is 30.7 Å². The number of aryl methyl sites for hydroxylation is 2. The summed E-state index contributed by atoms with van der Waals surface area (Å²) in [5, 5.41) is 9.10. The first kappa shape index (κ1) is 18.8. The maximum absolute atomic E-state index is 4.62. The van der Waals surface area contributed by atoms with Gasteiger partial charge in [0.1, 0.15) is 10.4 Å². The molecular weight excluding hydrogens is 326 g/mol. The minimum absolute atomic E-state index is 0.139. The van der Waals surface area contributed by atoms with E-state index in [4.69, 9.17) is 0 Å². The Morgan fingerprint density at radius 2 is 1.68 bits per heavy atom. The summed E-state index contributed by atoms with van der Waals surface area (Å²) in [5.74, 6) is 1.25. The van der Waals surface area contributed by atoms with Gasteiger partial charge < -0.3 is 0 Å². The number of rotatable bonds is 9. The second-order valence-electron chi connectivity index (χ2n) is 7.70. The molecule has 0 saturated heterocycles. The molecule has 0 atom stereocenters. The van der Waals surface area contributed by atoms with Crippen LogP contribution in [0.2, 0.25) is 0 Å². The van der Waals surface area contributed by atoms with Crippen LogP contribution in [-0.4, -0.2) is 20.7 Å². The van der Waals surface area contributed by atoms with Crippen molar-refractivity contribution in [2.24, 2.45) is 0 Å². The Bertz CT molecular complexity index is 686. The van der Waals surface area contributed by atoms with Crippen molar-refractivity contribution in [2.75, 3.05) is 5.75 Å². The fraction of sp³-hybridized carbons (Fsp3) is 0.714. The lowest BCUT2D eigenvalue weighted by Gasteiger charge is -2.29. The Hall–Kier alpha value is -1.03. The highest BCUT2D eigenvalue weighted by Gasteiger charge is 2.38. The lowest BCUT2D eigenvalue weighted by molar-refractivity contribution is 0.414. The van der Waals surface area contributed by atoms with Crippen LogP contribution >= 0.6 is 11.8 Å². The highest BCUT2D eigenvalue weighted by atomic mass is 32.2. The number of nitrogens with zero attached hydrogens (tertiary/aromatic N) is 3. The lowest BCUT2D eigenvalue weighted by atomic mass is 10.1. The molecule has 4 heteroatoms. The van der Waals surface area contributed by atoms with Crippen LogP contribution in [0.4, 0.5) is 0 Å². The second-order valence-corrected chi connectivity index (χ2v) is 9.15. The first-order valence-electron chi connectivity index (χ1n) is 10.1. The monoisotopic (exact) mass is 359 g/mol. The second kappa shape index (κ2) is 8.57. The largest absolute Gasteiger partial charge is 0.229 e. The molecule has 3 rings (SSSR count). The van der Waals surface area contributed by atoms with E-state index < -0.39 is 0 Å². The minimum atomic E-state index is 0.139. The van der Waals surface area contributed by atoms with E-state index >= 15 is 0 Å². The van der Waals surface area contributed by atoms with Gasteiger partial charge in [-0.1, -0.05) is 57.1 Å². The molecule has 25 heavy (non-hydrogen) atoms. The Balaban J connectivity index is 1.69. The average molecular weight is 360 g/mol. The zero-order valence-corrected chi connectivity index (χ0v) is 17.0. The molecule has 1 aliphatic rings. The van der Waals surface area contributed by atoms with Crippen molar-refractivity contribution in [3.05, 3.63) is 23.3 Å². The van der Waals surface area contributed by atoms with Gasteiger partial charge in [-0.15, -0.1) is 16.9 Å². The molecule has 138 valence electrons. The summed E-state index contributed by atoms with van der Waals surface area (Å²) in [7, 11) is 0. The number of thioether (sulfide) groups is 1. The van der Waals surface area contributed by atoms with Crippen molar-refractivity contribution in [2.45, 2.75) is 89.9 Å². The molecule has 1 aliphatic carbocycles. The van der Waals surface area contributed by atoms with Crippen molar-refractivity contribution in [3.63, 3.8) is 0 Å². The van der Waals surface area contributed by atoms with Crippen molar-refractivity contribution < 1.29 is 0 Å². The van der Waals surface area contributed by atoms with Crippen LogP contribution in [0.1, 0.15) is 82.3 Å². The van der Waals surface area contributed by atoms with E-state index in [2.05, 4.69) is 59.7 Å². The molecule has 0 radical (unpaired) electrons. The van der Waals surface area contributed by atoms with Gasteiger partial charge in [-0.3, -0.25) is 0 Å². The maximum atomic E-state index is 4.62. The molecule has 0 aliphatic heterocycles. The van der Waals surface area contributed by atoms with Gasteiger partial charge in [-0.2, -0.15) is 0 Å². The molecule has 2 aromatic rings. The first-order valence-corrected chi connectivity index (χ1v) is 11.1. The normalized spacial score (nSPS) is 16.8. The molecule has 0 bridgehead atoms. The quantitative estimate of drug-likeness (QED) is 0.487. The summed E-state index contributed by atoms with van der Waals surface area (Å²) in [6.45, 7) is 6.63. The molecule has 1 fully saturated rings. The van der Waals surface area contributed by atoms with Gasteiger partial charge in [0.15, 0.2) is 0 Å². The Kier molecular flexibility index (Phi) is 6.43. The molecule has 0 N–H and O–H groups in total. The first-order chi connectivity index (χ1) is 12.2. The third kappa shape index (κ3) is 4.21. The predicted octanol–water partition coefficient (Wildman–Crippen LogP) is 6.37. The van der Waals surface area contributed by atoms with E-state index in [9.17, 15) is 0 Å². The molecule has 3 nitrogen and oxygen atoms in total. The van der Waals surface area contributed by atoms with Gasteiger partial charge in [0, 0.05) is 0 Å². The molecule has 1 aromatic carbocycles. The van der Waals surface area contributed by atoms with Crippen molar-refractivity contribution >= 4 is 22.8 Å². The van der Waals surface area contributed by atoms with Gasteiger partial charge in [-0.05, 0) is 62.1 Å². The van der Waals surface area contributed by atoms with E-state index in [-0.39, 0.29) is 4.87 Å². The smallest absolute Gasteiger partial charge is 0.113 e. The van der Waals surface area contributed by atoms with Crippen LogP contribution in [0.5, 0.6) is 0 Å². The zero-order valence-electron chi connectivity index (χ0n) is 16.2. The van der Waals surface area contributed by atoms with Crippen LogP contribution < -0.4 is 0 Å². The van der Waals surface area contributed by atoms with Crippen LogP contribution in [-0.2, 0) is 4.87 Å². The summed E-state index contributed by atoms with van der Waals surface area (Å²) in [5.41, 5.74) is 4.92. The molecule has 0 amide bonds. The number of hydrogen-bond donors (Lipinski definition) is 0. The molecule has 0 unspecified atom stereocenters. The summed E-state index contributed by atoms with van der Waals surface area (Å²) in [4.78, 5) is 0.139. The molecular formula is C21H33N3S. The molecule has 0 spiro atoms. The van der Waals surface area contributed by atoms with Crippen molar-refractivity contribution in [1.82, 2.24) is 15.0 Å². The average Bonchev–Trinajstić information content (AvgIpc) is 3.22. The lowest BCUT2D eigenvalue weighted by Crippen LogP contribution is -2.28. The Morgan fingerprint density at radius 1 is 1.00 bits per heavy atom. The van der Waals surface area contributed by atoms with Crippen LogP contribution in [0.15, 0.2) is 12.1 Å². The summed E-state index contributed by atoms with van der Waals surface area (Å²) < 4.78 is 2.27. The molecule has 1 saturated carbocycles. The molecule has 1 heterocycles. The number of unbranched alkanes of at least 4 members (excludes halogenated alkanes) is 5. The van der Waals surface area contributed by atoms with Crippen LogP contribution in [0.25, 0.3) is 11.0 Å². The fourth-order valence-corrected chi connectivity index (χ4v) is 5.53. The summed E-state index contributed by atoms with van der Waals surface area (Å²) in [6, 6.07) is 4.48. The maximum Gasteiger partial charge on any atom is 0.113 e. The highest BCUT2D eigenvalue weighted by Crippen LogP contribution is 2.47. The number of aromatic nitrogens is 3. The fourth-order valence-electron chi connectivity index (χ4n) is 3.97. The predicted molar refractivity (Wildman–Crippen MR) is 109 cm³/mol. The minimum Gasteiger partial charge on any atom is -0.229 e. The highest BCUT2D eigenvalue weighted by molar-refractivity contribution is 8.00. The van der Waals surface area contributed by atoms with Gasteiger partial charge in [-0.25, -0.2) is 4.68 Å². The van der Waals surface area contributed by atoms with Gasteiger partial charge in [0.2, 0.25) is 0 Å². The van der Waals surface area contributed by atoms with Gasteiger partial charge >= 0.3 is 0 Å². The van der Waals surface area contributed by atoms with Gasteiger partial charge in [0.05, 0.1) is 5.52 Å². The van der Waals surface area contributed by atoms with Crippen LogP contribution in [0.3, 0.4) is 0 Å². The van der Waals surface area contributed by atoms with Gasteiger partial charge in [0.25, 0.3) is 0 Å². The SMILES string of the molecule is CCCCCCCCSC1(n2nnc3cc(C)c(C)cc32)CCCC1. The van der Waals surface area contributed by atoms with E-state index in [1.807, 2.05) is 0 Å². The summed E-state index contributed by atoms with van der Waals surface area (Å²) >= 11 is 2.14. The zero-order chi connectivity index (χ0) is 17.7. The third-order valence-corrected chi connectivity index (χ3v) is 7.31. The summed E-state index contributed by atoms with van der Waals surface area (Å²) in [6.07, 6.45) is 13.3. The number of hydrogen-bond acceptors (Lipinski definition) is 3. The van der Waals surface area contributed by atoms with E-state index in [0.717, 1.165) is 5.52 Å². The van der Waals surface area contributed by atoms with E-state index in [0.29, 0.717) is 0 Å².